The van der Waals surface area contributed by atoms with Crippen LogP contribution in [0.4, 0.5) is 5.69 Å². The van der Waals surface area contributed by atoms with Gasteiger partial charge in [-0.2, -0.15) is 0 Å². The average molecular weight is 437 g/mol. The van der Waals surface area contributed by atoms with E-state index in [1.807, 2.05) is 41.3 Å². The number of carbonyl (C=O) groups excluding carboxylic acids is 2. The third kappa shape index (κ3) is 4.21. The molecule has 4 heterocycles. The molecular weight excluding hydrogens is 408 g/mol. The van der Waals surface area contributed by atoms with Crippen LogP contribution in [0.3, 0.4) is 0 Å². The molecule has 0 radical (unpaired) electrons. The van der Waals surface area contributed by atoms with E-state index in [-0.39, 0.29) is 18.4 Å². The number of likely N-dealkylation sites (tertiary alicyclic amines) is 2. The molecule has 0 atom stereocenters. The second-order valence-corrected chi connectivity index (χ2v) is 9.56. The van der Waals surface area contributed by atoms with Gasteiger partial charge in [0.05, 0.1) is 11.3 Å². The van der Waals surface area contributed by atoms with Gasteiger partial charge < -0.3 is 9.80 Å². The molecule has 31 heavy (non-hydrogen) atoms. The molecule has 5 rings (SSSR count). The van der Waals surface area contributed by atoms with Crippen LogP contribution in [0.5, 0.6) is 0 Å². The molecule has 2 amide bonds. The molecule has 0 aliphatic carbocycles. The number of aromatic nitrogens is 1. The summed E-state index contributed by atoms with van der Waals surface area (Å²) in [7, 11) is 0. The van der Waals surface area contributed by atoms with Gasteiger partial charge in [0.25, 0.3) is 5.91 Å². The maximum Gasteiger partial charge on any atom is 0.259 e. The van der Waals surface area contributed by atoms with Crippen molar-refractivity contribution in [3.05, 3.63) is 48.2 Å². The highest BCUT2D eigenvalue weighted by Gasteiger charge is 2.32. The van der Waals surface area contributed by atoms with E-state index in [1.54, 1.807) is 11.1 Å². The first-order chi connectivity index (χ1) is 15.2. The van der Waals surface area contributed by atoms with Crippen LogP contribution in [0.25, 0.3) is 0 Å². The molecule has 2 aromatic rings. The molecule has 162 valence electrons. The van der Waals surface area contributed by atoms with Gasteiger partial charge in [0.1, 0.15) is 11.6 Å². The van der Waals surface area contributed by atoms with Crippen molar-refractivity contribution in [2.45, 2.75) is 48.1 Å². The van der Waals surface area contributed by atoms with Crippen molar-refractivity contribution in [3.8, 4) is 0 Å². The molecule has 2 fully saturated rings. The van der Waals surface area contributed by atoms with E-state index in [0.717, 1.165) is 35.9 Å². The van der Waals surface area contributed by atoms with E-state index in [0.29, 0.717) is 17.3 Å². The first-order valence-electron chi connectivity index (χ1n) is 11.3. The monoisotopic (exact) mass is 436 g/mol. The fraction of sp³-hybridized carbons (Fsp3) is 0.458. The lowest BCUT2D eigenvalue weighted by Gasteiger charge is -2.40. The lowest BCUT2D eigenvalue weighted by Crippen LogP contribution is -2.50. The van der Waals surface area contributed by atoms with Gasteiger partial charge in [-0.25, -0.2) is 4.98 Å². The predicted molar refractivity (Wildman–Crippen MR) is 122 cm³/mol. The van der Waals surface area contributed by atoms with Crippen LogP contribution in [-0.4, -0.2) is 65.4 Å². The zero-order valence-corrected chi connectivity index (χ0v) is 18.5. The van der Waals surface area contributed by atoms with E-state index >= 15 is 0 Å². The summed E-state index contributed by atoms with van der Waals surface area (Å²) < 4.78 is 0. The Labute approximate surface area is 187 Å². The average Bonchev–Trinajstić information content (AvgIpc) is 2.94. The molecule has 3 aliphatic rings. The minimum absolute atomic E-state index is 0.0182. The summed E-state index contributed by atoms with van der Waals surface area (Å²) in [6.07, 6.45) is 7.71. The zero-order chi connectivity index (χ0) is 21.2. The van der Waals surface area contributed by atoms with Gasteiger partial charge in [-0.15, -0.1) is 0 Å². The van der Waals surface area contributed by atoms with Crippen LogP contribution in [0.2, 0.25) is 0 Å². The Bertz CT molecular complexity index is 968. The largest absolute Gasteiger partial charge is 0.341 e. The van der Waals surface area contributed by atoms with Gasteiger partial charge in [0, 0.05) is 30.2 Å². The van der Waals surface area contributed by atoms with E-state index in [9.17, 15) is 9.59 Å². The van der Waals surface area contributed by atoms with Crippen LogP contribution in [0, 0.1) is 0 Å². The fourth-order valence-electron chi connectivity index (χ4n) is 4.91. The van der Waals surface area contributed by atoms with Crippen molar-refractivity contribution < 1.29 is 9.59 Å². The number of hydrogen-bond donors (Lipinski definition) is 0. The fourth-order valence-corrected chi connectivity index (χ4v) is 5.93. The van der Waals surface area contributed by atoms with E-state index in [4.69, 9.17) is 0 Å². The van der Waals surface area contributed by atoms with Gasteiger partial charge in [0.15, 0.2) is 0 Å². The van der Waals surface area contributed by atoms with Gasteiger partial charge in [-0.05, 0) is 63.0 Å². The number of benzene rings is 1. The number of nitrogens with zero attached hydrogens (tertiary/aromatic N) is 4. The number of hydrogen-bond acceptors (Lipinski definition) is 5. The van der Waals surface area contributed by atoms with E-state index in [2.05, 4.69) is 9.88 Å². The molecule has 0 unspecified atom stereocenters. The molecule has 7 heteroatoms. The van der Waals surface area contributed by atoms with Crippen molar-refractivity contribution in [2.75, 3.05) is 37.6 Å². The Morgan fingerprint density at radius 3 is 2.58 bits per heavy atom. The maximum atomic E-state index is 13.4. The Balaban J connectivity index is 1.31. The number of carbonyl (C=O) groups is 2. The molecule has 3 aliphatic heterocycles. The molecule has 2 saturated heterocycles. The topological polar surface area (TPSA) is 56.8 Å². The van der Waals surface area contributed by atoms with Crippen LogP contribution in [-0.2, 0) is 4.79 Å². The number of amides is 2. The summed E-state index contributed by atoms with van der Waals surface area (Å²) in [4.78, 5) is 38.1. The van der Waals surface area contributed by atoms with Gasteiger partial charge in [-0.3, -0.25) is 14.5 Å². The number of anilines is 1. The summed E-state index contributed by atoms with van der Waals surface area (Å²) in [6.45, 7) is 3.99. The van der Waals surface area contributed by atoms with E-state index in [1.165, 1.54) is 44.1 Å². The van der Waals surface area contributed by atoms with E-state index < -0.39 is 0 Å². The minimum atomic E-state index is -0.133. The van der Waals surface area contributed by atoms with Crippen LogP contribution < -0.4 is 4.90 Å². The standard InChI is InChI=1S/C24H28N4O2S/c29-22(27-15-10-18(11-16-27)26-13-4-1-5-14-26)17-28-20-8-6-12-25-23(20)31-21-9-3-2-7-19(21)24(28)30/h2-3,6-9,12,18H,1,4-5,10-11,13-17H2. The second-order valence-electron chi connectivity index (χ2n) is 8.53. The highest BCUT2D eigenvalue weighted by Crippen LogP contribution is 2.39. The molecule has 0 spiro atoms. The molecule has 1 aromatic heterocycles. The highest BCUT2D eigenvalue weighted by atomic mass is 32.2. The number of rotatable bonds is 3. The Hall–Kier alpha value is -2.38. The Morgan fingerprint density at radius 2 is 1.77 bits per heavy atom. The Kier molecular flexibility index (Phi) is 5.96. The van der Waals surface area contributed by atoms with Crippen LogP contribution >= 0.6 is 11.8 Å². The third-order valence-electron chi connectivity index (χ3n) is 6.63. The van der Waals surface area contributed by atoms with Crippen molar-refractivity contribution >= 4 is 29.3 Å². The quantitative estimate of drug-likeness (QED) is 0.735. The SMILES string of the molecule is O=C(CN1C(=O)c2ccccc2Sc2ncccc21)N1CCC(N2CCCCC2)CC1. The summed E-state index contributed by atoms with van der Waals surface area (Å²) in [5.74, 6) is -0.115. The van der Waals surface area contributed by atoms with Gasteiger partial charge >= 0.3 is 0 Å². The number of pyridine rings is 1. The third-order valence-corrected chi connectivity index (χ3v) is 7.71. The van der Waals surface area contributed by atoms with Crippen LogP contribution in [0.15, 0.2) is 52.5 Å². The van der Waals surface area contributed by atoms with Gasteiger partial charge in [0.2, 0.25) is 5.91 Å². The lowest BCUT2D eigenvalue weighted by atomic mass is 10.00. The normalized spacial score (nSPS) is 20.2. The molecule has 0 saturated carbocycles. The van der Waals surface area contributed by atoms with Crippen molar-refractivity contribution in [1.29, 1.82) is 0 Å². The minimum Gasteiger partial charge on any atom is -0.341 e. The summed E-state index contributed by atoms with van der Waals surface area (Å²) in [5, 5.41) is 0.761. The number of fused-ring (bicyclic) bond motifs is 2. The maximum absolute atomic E-state index is 13.4. The lowest BCUT2D eigenvalue weighted by molar-refractivity contribution is -0.131. The predicted octanol–water partition coefficient (Wildman–Crippen LogP) is 3.67. The molecule has 0 bridgehead atoms. The summed E-state index contributed by atoms with van der Waals surface area (Å²) in [6, 6.07) is 11.9. The van der Waals surface area contributed by atoms with Crippen molar-refractivity contribution in [1.82, 2.24) is 14.8 Å². The summed E-state index contributed by atoms with van der Waals surface area (Å²) >= 11 is 1.49. The molecular formula is C24H28N4O2S. The Morgan fingerprint density at radius 1 is 1.00 bits per heavy atom. The first-order valence-corrected chi connectivity index (χ1v) is 12.1. The number of piperidine rings is 2. The molecule has 0 N–H and O–H groups in total. The second kappa shape index (κ2) is 9.01. The van der Waals surface area contributed by atoms with Crippen molar-refractivity contribution in [3.63, 3.8) is 0 Å². The smallest absolute Gasteiger partial charge is 0.259 e. The van der Waals surface area contributed by atoms with Gasteiger partial charge in [-0.1, -0.05) is 30.3 Å². The molecule has 6 nitrogen and oxygen atoms in total. The van der Waals surface area contributed by atoms with Crippen molar-refractivity contribution in [2.24, 2.45) is 0 Å². The van der Waals surface area contributed by atoms with Crippen LogP contribution in [0.1, 0.15) is 42.5 Å². The first kappa shape index (κ1) is 20.5. The zero-order valence-electron chi connectivity index (χ0n) is 17.7. The summed E-state index contributed by atoms with van der Waals surface area (Å²) in [5.41, 5.74) is 1.34. The molecule has 1 aromatic carbocycles. The highest BCUT2D eigenvalue weighted by molar-refractivity contribution is 7.99.